The molecule has 0 aliphatic carbocycles. The van der Waals surface area contributed by atoms with Gasteiger partial charge in [0.1, 0.15) is 12.4 Å². The zero-order chi connectivity index (χ0) is 17.9. The fraction of sp³-hybridized carbons (Fsp3) is 0.211. The molecule has 0 spiro atoms. The molecule has 2 heterocycles. The largest absolute Gasteiger partial charge is 0.491 e. The first kappa shape index (κ1) is 17.0. The number of rotatable bonds is 6. The number of aromatic amines is 1. The standard InChI is InChI=1S/C19H17BN2O3S/c21-6-1-7-26-19-10-22-18-5-4-15(9-16(18)19)24-11-13-2-3-14-12-25-20(23)17(14)8-13/h2-5,8-10,22-23H,1,7,11-12H2. The van der Waals surface area contributed by atoms with Gasteiger partial charge in [-0.25, -0.2) is 0 Å². The lowest BCUT2D eigenvalue weighted by molar-refractivity contribution is 0.275. The number of thioether (sulfide) groups is 1. The Labute approximate surface area is 156 Å². The van der Waals surface area contributed by atoms with Crippen LogP contribution in [0.5, 0.6) is 5.75 Å². The van der Waals surface area contributed by atoms with E-state index in [0.717, 1.165) is 43.9 Å². The van der Waals surface area contributed by atoms with E-state index in [-0.39, 0.29) is 0 Å². The molecule has 1 aliphatic rings. The number of benzene rings is 2. The van der Waals surface area contributed by atoms with Crippen LogP contribution < -0.4 is 10.2 Å². The third kappa shape index (κ3) is 3.44. The second-order valence-corrected chi connectivity index (χ2v) is 7.24. The summed E-state index contributed by atoms with van der Waals surface area (Å²) in [7, 11) is -0.839. The van der Waals surface area contributed by atoms with E-state index in [0.29, 0.717) is 19.6 Å². The Morgan fingerprint density at radius 2 is 2.23 bits per heavy atom. The van der Waals surface area contributed by atoms with Crippen LogP contribution in [0.25, 0.3) is 10.9 Å². The summed E-state index contributed by atoms with van der Waals surface area (Å²) < 4.78 is 11.2. The van der Waals surface area contributed by atoms with Gasteiger partial charge in [-0.2, -0.15) is 5.26 Å². The highest BCUT2D eigenvalue weighted by atomic mass is 32.2. The van der Waals surface area contributed by atoms with E-state index in [1.54, 1.807) is 11.8 Å². The summed E-state index contributed by atoms with van der Waals surface area (Å²) in [6, 6.07) is 14.0. The SMILES string of the molecule is N#CCCSc1c[nH]c2ccc(OCc3ccc4c(c3)B(O)OC4)cc12. The molecule has 2 N–H and O–H groups in total. The minimum absolute atomic E-state index is 0.423. The van der Waals surface area contributed by atoms with Crippen molar-refractivity contribution in [3.8, 4) is 11.8 Å². The normalized spacial score (nSPS) is 13.0. The Kier molecular flexibility index (Phi) is 4.89. The Balaban J connectivity index is 1.48. The van der Waals surface area contributed by atoms with Gasteiger partial charge in [-0.15, -0.1) is 11.8 Å². The van der Waals surface area contributed by atoms with Crippen LogP contribution >= 0.6 is 11.8 Å². The highest BCUT2D eigenvalue weighted by molar-refractivity contribution is 7.99. The first-order valence-electron chi connectivity index (χ1n) is 8.39. The number of fused-ring (bicyclic) bond motifs is 2. The van der Waals surface area contributed by atoms with Crippen molar-refractivity contribution in [2.24, 2.45) is 0 Å². The molecule has 0 saturated heterocycles. The van der Waals surface area contributed by atoms with Crippen molar-refractivity contribution in [1.82, 2.24) is 4.98 Å². The molecule has 0 bridgehead atoms. The highest BCUT2D eigenvalue weighted by Gasteiger charge is 2.27. The van der Waals surface area contributed by atoms with Crippen molar-refractivity contribution in [3.05, 3.63) is 53.7 Å². The number of aromatic nitrogens is 1. The molecule has 2 aromatic carbocycles. The van der Waals surface area contributed by atoms with E-state index >= 15 is 0 Å². The van der Waals surface area contributed by atoms with Gasteiger partial charge < -0.3 is 19.4 Å². The number of H-pyrrole nitrogens is 1. The smallest absolute Gasteiger partial charge is 0.489 e. The average Bonchev–Trinajstić information content (AvgIpc) is 3.24. The van der Waals surface area contributed by atoms with E-state index < -0.39 is 7.12 Å². The van der Waals surface area contributed by atoms with E-state index in [4.69, 9.17) is 14.7 Å². The number of ether oxygens (including phenoxy) is 1. The molecule has 0 saturated carbocycles. The summed E-state index contributed by atoms with van der Waals surface area (Å²) in [6.45, 7) is 0.876. The maximum atomic E-state index is 9.82. The fourth-order valence-corrected chi connectivity index (χ4v) is 3.89. The Hall–Kier alpha value is -2.40. The molecular weight excluding hydrogens is 347 g/mol. The second kappa shape index (κ2) is 7.46. The molecule has 1 aliphatic heterocycles. The van der Waals surface area contributed by atoms with Gasteiger partial charge in [-0.05, 0) is 34.8 Å². The van der Waals surface area contributed by atoms with Crippen molar-refractivity contribution in [2.75, 3.05) is 5.75 Å². The van der Waals surface area contributed by atoms with Gasteiger partial charge in [-0.1, -0.05) is 18.2 Å². The predicted molar refractivity (Wildman–Crippen MR) is 102 cm³/mol. The Morgan fingerprint density at radius 1 is 1.31 bits per heavy atom. The highest BCUT2D eigenvalue weighted by Crippen LogP contribution is 2.31. The van der Waals surface area contributed by atoms with Gasteiger partial charge >= 0.3 is 7.12 Å². The molecule has 0 amide bonds. The number of hydrogen-bond donors (Lipinski definition) is 2. The van der Waals surface area contributed by atoms with Gasteiger partial charge in [0.15, 0.2) is 0 Å². The van der Waals surface area contributed by atoms with Crippen molar-refractivity contribution in [1.29, 1.82) is 5.26 Å². The summed E-state index contributed by atoms with van der Waals surface area (Å²) in [5.41, 5.74) is 3.89. The summed E-state index contributed by atoms with van der Waals surface area (Å²) in [5.74, 6) is 1.56. The summed E-state index contributed by atoms with van der Waals surface area (Å²) >= 11 is 1.67. The molecule has 130 valence electrons. The number of nitrogens with zero attached hydrogens (tertiary/aromatic N) is 1. The van der Waals surface area contributed by atoms with Crippen LogP contribution in [-0.2, 0) is 17.9 Å². The fourth-order valence-electron chi connectivity index (χ4n) is 3.01. The third-order valence-electron chi connectivity index (χ3n) is 4.37. The maximum absolute atomic E-state index is 9.82. The van der Waals surface area contributed by atoms with Gasteiger partial charge in [0, 0.05) is 34.2 Å². The van der Waals surface area contributed by atoms with Crippen LogP contribution in [-0.4, -0.2) is 22.9 Å². The zero-order valence-corrected chi connectivity index (χ0v) is 14.9. The van der Waals surface area contributed by atoms with Crippen molar-refractivity contribution >= 4 is 35.2 Å². The molecule has 0 unspecified atom stereocenters. The van der Waals surface area contributed by atoms with Crippen LogP contribution in [0.3, 0.4) is 0 Å². The monoisotopic (exact) mass is 364 g/mol. The minimum atomic E-state index is -0.839. The van der Waals surface area contributed by atoms with Crippen LogP contribution in [0.2, 0.25) is 0 Å². The number of hydrogen-bond acceptors (Lipinski definition) is 5. The second-order valence-electron chi connectivity index (χ2n) is 6.10. The minimum Gasteiger partial charge on any atom is -0.489 e. The maximum Gasteiger partial charge on any atom is 0.491 e. The van der Waals surface area contributed by atoms with Crippen molar-refractivity contribution in [2.45, 2.75) is 24.5 Å². The summed E-state index contributed by atoms with van der Waals surface area (Å²) in [4.78, 5) is 4.37. The van der Waals surface area contributed by atoms with Crippen LogP contribution in [0.15, 0.2) is 47.5 Å². The molecule has 0 fully saturated rings. The quantitative estimate of drug-likeness (QED) is 0.399. The van der Waals surface area contributed by atoms with Gasteiger partial charge in [0.25, 0.3) is 0 Å². The Morgan fingerprint density at radius 3 is 3.12 bits per heavy atom. The van der Waals surface area contributed by atoms with E-state index in [1.807, 2.05) is 42.6 Å². The van der Waals surface area contributed by atoms with E-state index in [1.165, 1.54) is 0 Å². The van der Waals surface area contributed by atoms with Gasteiger partial charge in [0.05, 0.1) is 12.7 Å². The molecule has 5 nitrogen and oxygen atoms in total. The summed E-state index contributed by atoms with van der Waals surface area (Å²) in [6.07, 6.45) is 2.50. The first-order valence-corrected chi connectivity index (χ1v) is 9.38. The Bertz CT molecular complexity index is 983. The zero-order valence-electron chi connectivity index (χ0n) is 14.1. The van der Waals surface area contributed by atoms with Crippen LogP contribution in [0.4, 0.5) is 0 Å². The number of nitrogens with one attached hydrogen (secondary N) is 1. The molecule has 3 aromatic rings. The van der Waals surface area contributed by atoms with Gasteiger partial charge in [0.2, 0.25) is 0 Å². The number of nitriles is 1. The molecular formula is C19H17BN2O3S. The van der Waals surface area contributed by atoms with Gasteiger partial charge in [-0.3, -0.25) is 0 Å². The molecule has 4 rings (SSSR count). The first-order chi connectivity index (χ1) is 12.7. The lowest BCUT2D eigenvalue weighted by Gasteiger charge is -2.08. The molecule has 7 heteroatoms. The molecule has 1 aromatic heterocycles. The lowest BCUT2D eigenvalue weighted by Crippen LogP contribution is -2.28. The summed E-state index contributed by atoms with van der Waals surface area (Å²) in [5, 5.41) is 19.6. The van der Waals surface area contributed by atoms with E-state index in [2.05, 4.69) is 11.1 Å². The van der Waals surface area contributed by atoms with Crippen molar-refractivity contribution in [3.63, 3.8) is 0 Å². The van der Waals surface area contributed by atoms with Crippen LogP contribution in [0.1, 0.15) is 17.5 Å². The molecule has 26 heavy (non-hydrogen) atoms. The van der Waals surface area contributed by atoms with Crippen molar-refractivity contribution < 1.29 is 14.4 Å². The topological polar surface area (TPSA) is 78.3 Å². The van der Waals surface area contributed by atoms with Crippen LogP contribution in [0, 0.1) is 11.3 Å². The average molecular weight is 364 g/mol. The predicted octanol–water partition coefficient (Wildman–Crippen LogP) is 2.97. The lowest BCUT2D eigenvalue weighted by atomic mass is 9.79. The molecule has 0 radical (unpaired) electrons. The third-order valence-corrected chi connectivity index (χ3v) is 5.42. The van der Waals surface area contributed by atoms with E-state index in [9.17, 15) is 5.02 Å². The molecule has 0 atom stereocenters.